The van der Waals surface area contributed by atoms with E-state index in [9.17, 15) is 23.1 Å². The van der Waals surface area contributed by atoms with Crippen molar-refractivity contribution in [1.82, 2.24) is 10.0 Å². The predicted octanol–water partition coefficient (Wildman–Crippen LogP) is 2.18. The van der Waals surface area contributed by atoms with Crippen LogP contribution in [0.1, 0.15) is 35.6 Å². The molecular formula is C22H28N2O5S. The van der Waals surface area contributed by atoms with E-state index in [1.54, 1.807) is 25.1 Å². The van der Waals surface area contributed by atoms with E-state index in [0.717, 1.165) is 16.7 Å². The summed E-state index contributed by atoms with van der Waals surface area (Å²) in [7, 11) is -3.65. The number of sulfonamides is 1. The Morgan fingerprint density at radius 3 is 2.37 bits per heavy atom. The Morgan fingerprint density at radius 2 is 1.70 bits per heavy atom. The van der Waals surface area contributed by atoms with E-state index < -0.39 is 22.0 Å². The summed E-state index contributed by atoms with van der Waals surface area (Å²) < 4.78 is 26.1. The lowest BCUT2D eigenvalue weighted by molar-refractivity contribution is -0.138. The topological polar surface area (TPSA) is 113 Å². The van der Waals surface area contributed by atoms with Gasteiger partial charge in [-0.3, -0.25) is 9.59 Å². The van der Waals surface area contributed by atoms with E-state index in [-0.39, 0.29) is 24.5 Å². The van der Waals surface area contributed by atoms with E-state index in [1.165, 1.54) is 0 Å². The lowest BCUT2D eigenvalue weighted by Crippen LogP contribution is -2.43. The molecule has 1 amide bonds. The Hall–Kier alpha value is -2.71. The quantitative estimate of drug-likeness (QED) is 0.504. The van der Waals surface area contributed by atoms with Crippen LogP contribution in [0.3, 0.4) is 0 Å². The molecule has 7 nitrogen and oxygen atoms in total. The zero-order valence-corrected chi connectivity index (χ0v) is 18.0. The van der Waals surface area contributed by atoms with Crippen LogP contribution < -0.4 is 10.0 Å². The van der Waals surface area contributed by atoms with Crippen molar-refractivity contribution in [2.45, 2.75) is 45.7 Å². The fourth-order valence-electron chi connectivity index (χ4n) is 3.10. The Bertz CT molecular complexity index is 989. The second-order valence-electron chi connectivity index (χ2n) is 7.29. The van der Waals surface area contributed by atoms with Gasteiger partial charge < -0.3 is 10.4 Å². The molecule has 162 valence electrons. The van der Waals surface area contributed by atoms with Gasteiger partial charge in [-0.15, -0.1) is 0 Å². The van der Waals surface area contributed by atoms with Gasteiger partial charge in [-0.05, 0) is 36.5 Å². The summed E-state index contributed by atoms with van der Waals surface area (Å²) >= 11 is 0. The van der Waals surface area contributed by atoms with Gasteiger partial charge in [0.1, 0.15) is 6.04 Å². The number of amides is 1. The van der Waals surface area contributed by atoms with Crippen LogP contribution in [-0.4, -0.2) is 37.2 Å². The van der Waals surface area contributed by atoms with Crippen molar-refractivity contribution in [3.63, 3.8) is 0 Å². The number of carbonyl (C=O) groups excluding carboxylic acids is 1. The van der Waals surface area contributed by atoms with Gasteiger partial charge in [0.15, 0.2) is 0 Å². The van der Waals surface area contributed by atoms with Gasteiger partial charge in [-0.1, -0.05) is 61.0 Å². The van der Waals surface area contributed by atoms with Gasteiger partial charge in [0.05, 0.1) is 12.2 Å². The number of rotatable bonds is 11. The molecule has 2 rings (SSSR count). The molecule has 0 bridgehead atoms. The van der Waals surface area contributed by atoms with E-state index in [0.29, 0.717) is 18.5 Å². The first-order valence-corrected chi connectivity index (χ1v) is 11.5. The summed E-state index contributed by atoms with van der Waals surface area (Å²) in [5, 5.41) is 12.2. The molecule has 2 aromatic rings. The fourth-order valence-corrected chi connectivity index (χ4v) is 4.37. The minimum Gasteiger partial charge on any atom is -0.480 e. The first kappa shape index (κ1) is 23.6. The van der Waals surface area contributed by atoms with E-state index in [2.05, 4.69) is 10.0 Å². The van der Waals surface area contributed by atoms with Crippen molar-refractivity contribution in [2.75, 3.05) is 5.75 Å². The second kappa shape index (κ2) is 10.9. The van der Waals surface area contributed by atoms with Gasteiger partial charge in [-0.25, -0.2) is 13.1 Å². The Labute approximate surface area is 177 Å². The predicted molar refractivity (Wildman–Crippen MR) is 116 cm³/mol. The van der Waals surface area contributed by atoms with Crippen molar-refractivity contribution in [3.05, 3.63) is 70.8 Å². The maximum absolute atomic E-state index is 12.2. The van der Waals surface area contributed by atoms with E-state index in [4.69, 9.17) is 0 Å². The molecule has 3 N–H and O–H groups in total. The number of benzene rings is 2. The average molecular weight is 433 g/mol. The third-order valence-corrected chi connectivity index (χ3v) is 6.05. The highest BCUT2D eigenvalue weighted by molar-refractivity contribution is 7.89. The van der Waals surface area contributed by atoms with E-state index >= 15 is 0 Å². The van der Waals surface area contributed by atoms with Crippen LogP contribution in [0.2, 0.25) is 0 Å². The highest BCUT2D eigenvalue weighted by Gasteiger charge is 2.23. The molecule has 0 saturated heterocycles. The zero-order valence-electron chi connectivity index (χ0n) is 17.2. The third kappa shape index (κ3) is 7.96. The van der Waals surface area contributed by atoms with Gasteiger partial charge in [0.25, 0.3) is 0 Å². The molecule has 1 unspecified atom stereocenters. The van der Waals surface area contributed by atoms with Crippen molar-refractivity contribution >= 4 is 21.9 Å². The maximum atomic E-state index is 12.2. The molecule has 0 fully saturated rings. The van der Waals surface area contributed by atoms with Crippen LogP contribution in [0.4, 0.5) is 0 Å². The Kier molecular flexibility index (Phi) is 8.56. The van der Waals surface area contributed by atoms with Crippen molar-refractivity contribution in [3.8, 4) is 0 Å². The third-order valence-electron chi connectivity index (χ3n) is 4.46. The van der Waals surface area contributed by atoms with Crippen molar-refractivity contribution in [2.24, 2.45) is 0 Å². The molecule has 0 aliphatic rings. The average Bonchev–Trinajstić information content (AvgIpc) is 2.66. The summed E-state index contributed by atoms with van der Waals surface area (Å²) in [5.41, 5.74) is 3.51. The van der Waals surface area contributed by atoms with Gasteiger partial charge >= 0.3 is 5.97 Å². The first-order valence-electron chi connectivity index (χ1n) is 9.81. The lowest BCUT2D eigenvalue weighted by Gasteiger charge is -2.15. The summed E-state index contributed by atoms with van der Waals surface area (Å²) in [6, 6.07) is 13.6. The van der Waals surface area contributed by atoms with E-state index in [1.807, 2.05) is 37.3 Å². The largest absolute Gasteiger partial charge is 0.480 e. The number of carbonyl (C=O) groups is 2. The Morgan fingerprint density at radius 1 is 1.03 bits per heavy atom. The molecule has 1 atom stereocenters. The monoisotopic (exact) mass is 432 g/mol. The zero-order chi connectivity index (χ0) is 22.1. The van der Waals surface area contributed by atoms with Crippen molar-refractivity contribution in [1.29, 1.82) is 0 Å². The molecule has 0 saturated carbocycles. The van der Waals surface area contributed by atoms with Crippen LogP contribution in [0, 0.1) is 6.92 Å². The maximum Gasteiger partial charge on any atom is 0.322 e. The number of carboxylic acids is 1. The highest BCUT2D eigenvalue weighted by Crippen LogP contribution is 2.10. The van der Waals surface area contributed by atoms with Crippen molar-refractivity contribution < 1.29 is 23.1 Å². The number of nitrogens with one attached hydrogen (secondary N) is 2. The number of aliphatic carboxylic acids is 1. The fraction of sp³-hybridized carbons (Fsp3) is 0.364. The number of carboxylic acid groups (broad SMARTS) is 1. The van der Waals surface area contributed by atoms with Gasteiger partial charge in [-0.2, -0.15) is 0 Å². The molecular weight excluding hydrogens is 404 g/mol. The summed E-state index contributed by atoms with van der Waals surface area (Å²) in [4.78, 5) is 23.7. The Balaban J connectivity index is 1.97. The lowest BCUT2D eigenvalue weighted by atomic mass is 10.0. The molecule has 30 heavy (non-hydrogen) atoms. The SMILES string of the molecule is CCCS(=O)(=O)NC(Cc1cccc(CNC(=O)Cc2cccc(C)c2)c1)C(=O)O. The number of hydrogen-bond acceptors (Lipinski definition) is 4. The molecule has 0 radical (unpaired) electrons. The second-order valence-corrected chi connectivity index (χ2v) is 9.17. The number of hydrogen-bond donors (Lipinski definition) is 3. The molecule has 0 aliphatic heterocycles. The molecule has 0 spiro atoms. The molecule has 0 aliphatic carbocycles. The van der Waals surface area contributed by atoms with Crippen LogP contribution in [0.15, 0.2) is 48.5 Å². The molecule has 8 heteroatoms. The first-order chi connectivity index (χ1) is 14.2. The summed E-state index contributed by atoms with van der Waals surface area (Å²) in [6.45, 7) is 3.99. The summed E-state index contributed by atoms with van der Waals surface area (Å²) in [5.74, 6) is -1.46. The smallest absolute Gasteiger partial charge is 0.322 e. The highest BCUT2D eigenvalue weighted by atomic mass is 32.2. The van der Waals surface area contributed by atoms with Gasteiger partial charge in [0.2, 0.25) is 15.9 Å². The molecule has 0 heterocycles. The molecule has 0 aromatic heterocycles. The van der Waals surface area contributed by atoms with Crippen LogP contribution >= 0.6 is 0 Å². The van der Waals surface area contributed by atoms with Crippen LogP contribution in [0.25, 0.3) is 0 Å². The normalized spacial score (nSPS) is 12.3. The summed E-state index contributed by atoms with van der Waals surface area (Å²) in [6.07, 6.45) is 0.699. The van der Waals surface area contributed by atoms with Crippen LogP contribution in [-0.2, 0) is 39.0 Å². The standard InChI is InChI=1S/C22H28N2O5S/c1-3-10-30(28,29)24-20(22(26)27)13-18-8-5-9-19(12-18)15-23-21(25)14-17-7-4-6-16(2)11-17/h4-9,11-12,20,24H,3,10,13-15H2,1-2H3,(H,23,25)(H,26,27). The minimum atomic E-state index is -3.65. The van der Waals surface area contributed by atoms with Crippen LogP contribution in [0.5, 0.6) is 0 Å². The minimum absolute atomic E-state index is 0.0172. The molecule has 2 aromatic carbocycles. The number of aryl methyl sites for hydroxylation is 1. The van der Waals surface area contributed by atoms with Gasteiger partial charge in [0, 0.05) is 6.54 Å².